The van der Waals surface area contributed by atoms with E-state index in [1.807, 2.05) is 30.3 Å². The number of hydrogen-bond donors (Lipinski definition) is 0. The van der Waals surface area contributed by atoms with Crippen LogP contribution >= 0.6 is 0 Å². The quantitative estimate of drug-likeness (QED) is 0.598. The summed E-state index contributed by atoms with van der Waals surface area (Å²) < 4.78 is 11.3. The van der Waals surface area contributed by atoms with Gasteiger partial charge in [-0.2, -0.15) is 0 Å². The Kier molecular flexibility index (Phi) is 6.10. The van der Waals surface area contributed by atoms with Crippen molar-refractivity contribution in [3.8, 4) is 5.75 Å². The van der Waals surface area contributed by atoms with Crippen LogP contribution in [-0.4, -0.2) is 42.5 Å². The summed E-state index contributed by atoms with van der Waals surface area (Å²) in [5, 5.41) is 8.70. The second-order valence-electron chi connectivity index (χ2n) is 7.56. The molecule has 0 saturated carbocycles. The van der Waals surface area contributed by atoms with Gasteiger partial charge in [-0.05, 0) is 42.7 Å². The number of anilines is 1. The van der Waals surface area contributed by atoms with Gasteiger partial charge in [0.2, 0.25) is 11.8 Å². The number of piperidine rings is 1. The first-order valence-electron chi connectivity index (χ1n) is 10.2. The highest BCUT2D eigenvalue weighted by molar-refractivity contribution is 5.48. The van der Waals surface area contributed by atoms with E-state index in [2.05, 4.69) is 51.3 Å². The topological polar surface area (TPSA) is 54.6 Å². The van der Waals surface area contributed by atoms with Crippen molar-refractivity contribution in [3.63, 3.8) is 0 Å². The molecule has 1 atom stereocenters. The maximum absolute atomic E-state index is 6.08. The van der Waals surface area contributed by atoms with Crippen LogP contribution in [0.5, 0.6) is 5.75 Å². The van der Waals surface area contributed by atoms with Gasteiger partial charge in [-0.25, -0.2) is 0 Å². The molecule has 0 amide bonds. The number of benzene rings is 2. The van der Waals surface area contributed by atoms with Crippen molar-refractivity contribution in [3.05, 3.63) is 71.9 Å². The number of hydrogen-bond acceptors (Lipinski definition) is 6. The average Bonchev–Trinajstić information content (AvgIpc) is 3.23. The zero-order valence-electron chi connectivity index (χ0n) is 17.1. The Bertz CT molecular complexity index is 895. The summed E-state index contributed by atoms with van der Waals surface area (Å²) in [7, 11) is 3.80. The Morgan fingerprint density at radius 2 is 1.86 bits per heavy atom. The second kappa shape index (κ2) is 9.09. The van der Waals surface area contributed by atoms with E-state index in [4.69, 9.17) is 9.15 Å². The lowest BCUT2D eigenvalue weighted by molar-refractivity contribution is 0.126. The van der Waals surface area contributed by atoms with Crippen LogP contribution in [0, 0.1) is 0 Å². The molecule has 3 aromatic rings. The van der Waals surface area contributed by atoms with Gasteiger partial charge in [0.1, 0.15) is 5.75 Å². The molecule has 6 nitrogen and oxygen atoms in total. The molecule has 2 aromatic carbocycles. The molecule has 29 heavy (non-hydrogen) atoms. The summed E-state index contributed by atoms with van der Waals surface area (Å²) in [4.78, 5) is 4.69. The molecule has 1 unspecified atom stereocenters. The van der Waals surface area contributed by atoms with E-state index in [1.54, 1.807) is 7.11 Å². The van der Waals surface area contributed by atoms with Crippen LogP contribution < -0.4 is 9.64 Å². The Labute approximate surface area is 172 Å². The number of nitrogens with zero attached hydrogens (tertiary/aromatic N) is 4. The third kappa shape index (κ3) is 4.77. The standard InChI is InChI=1S/C23H28N4O2/c1-26(19-11-13-20(28-2)14-12-19)17-27-15-7-6-10-21(27)23-25-24-22(29-23)16-18-8-4-3-5-9-18/h3-5,8-9,11-14,21H,6-7,10,15-17H2,1-2H3. The van der Waals surface area contributed by atoms with Crippen molar-refractivity contribution in [2.24, 2.45) is 0 Å². The number of ether oxygens (including phenoxy) is 1. The molecule has 0 radical (unpaired) electrons. The highest BCUT2D eigenvalue weighted by atomic mass is 16.5. The Balaban J connectivity index is 1.44. The molecule has 6 heteroatoms. The summed E-state index contributed by atoms with van der Waals surface area (Å²) in [6, 6.07) is 18.6. The first kappa shape index (κ1) is 19.5. The molecule has 1 aromatic heterocycles. The molecular weight excluding hydrogens is 364 g/mol. The number of rotatable bonds is 7. The normalized spacial score (nSPS) is 17.2. The second-order valence-corrected chi connectivity index (χ2v) is 7.56. The zero-order valence-corrected chi connectivity index (χ0v) is 17.1. The first-order chi connectivity index (χ1) is 14.2. The highest BCUT2D eigenvalue weighted by Crippen LogP contribution is 2.31. The van der Waals surface area contributed by atoms with Crippen molar-refractivity contribution in [1.82, 2.24) is 15.1 Å². The number of likely N-dealkylation sites (tertiary alicyclic amines) is 1. The van der Waals surface area contributed by atoms with E-state index in [0.717, 1.165) is 37.0 Å². The molecule has 0 aliphatic carbocycles. The van der Waals surface area contributed by atoms with Gasteiger partial charge in [0.05, 0.1) is 26.2 Å². The van der Waals surface area contributed by atoms with Crippen molar-refractivity contribution in [2.45, 2.75) is 31.7 Å². The van der Waals surface area contributed by atoms with Crippen LogP contribution in [0.2, 0.25) is 0 Å². The Morgan fingerprint density at radius 1 is 1.07 bits per heavy atom. The fourth-order valence-electron chi connectivity index (χ4n) is 3.87. The van der Waals surface area contributed by atoms with Gasteiger partial charge in [-0.3, -0.25) is 4.90 Å². The van der Waals surface area contributed by atoms with Gasteiger partial charge in [-0.15, -0.1) is 10.2 Å². The molecule has 152 valence electrons. The SMILES string of the molecule is COc1ccc(N(C)CN2CCCCC2c2nnc(Cc3ccccc3)o2)cc1. The van der Waals surface area contributed by atoms with Crippen LogP contribution in [0.15, 0.2) is 59.0 Å². The summed E-state index contributed by atoms with van der Waals surface area (Å²) in [6.07, 6.45) is 4.09. The summed E-state index contributed by atoms with van der Waals surface area (Å²) in [6.45, 7) is 1.84. The summed E-state index contributed by atoms with van der Waals surface area (Å²) in [5.41, 5.74) is 2.34. The van der Waals surface area contributed by atoms with Gasteiger partial charge in [0, 0.05) is 19.3 Å². The predicted octanol–water partition coefficient (Wildman–Crippen LogP) is 4.29. The lowest BCUT2D eigenvalue weighted by Crippen LogP contribution is -2.41. The number of methoxy groups -OCH3 is 1. The minimum atomic E-state index is 0.168. The predicted molar refractivity (Wildman–Crippen MR) is 113 cm³/mol. The molecule has 1 aliphatic heterocycles. The molecular formula is C23H28N4O2. The van der Waals surface area contributed by atoms with Gasteiger partial charge in [0.15, 0.2) is 0 Å². The number of aromatic nitrogens is 2. The average molecular weight is 393 g/mol. The van der Waals surface area contributed by atoms with Crippen molar-refractivity contribution >= 4 is 5.69 Å². The molecule has 1 fully saturated rings. The monoisotopic (exact) mass is 392 g/mol. The van der Waals surface area contributed by atoms with Crippen LogP contribution in [0.1, 0.15) is 42.6 Å². The van der Waals surface area contributed by atoms with Crippen LogP contribution in [-0.2, 0) is 6.42 Å². The molecule has 0 bridgehead atoms. The van der Waals surface area contributed by atoms with Crippen molar-refractivity contribution in [2.75, 3.05) is 32.3 Å². The van der Waals surface area contributed by atoms with Gasteiger partial charge in [0.25, 0.3) is 0 Å². The van der Waals surface area contributed by atoms with E-state index >= 15 is 0 Å². The lowest BCUT2D eigenvalue weighted by Gasteiger charge is -2.36. The van der Waals surface area contributed by atoms with Crippen LogP contribution in [0.3, 0.4) is 0 Å². The Hall–Kier alpha value is -2.86. The van der Waals surface area contributed by atoms with E-state index in [0.29, 0.717) is 12.3 Å². The van der Waals surface area contributed by atoms with Crippen LogP contribution in [0.25, 0.3) is 0 Å². The summed E-state index contributed by atoms with van der Waals surface area (Å²) >= 11 is 0. The smallest absolute Gasteiger partial charge is 0.233 e. The van der Waals surface area contributed by atoms with E-state index in [9.17, 15) is 0 Å². The zero-order chi connectivity index (χ0) is 20.1. The van der Waals surface area contributed by atoms with Gasteiger partial charge < -0.3 is 14.1 Å². The lowest BCUT2D eigenvalue weighted by atomic mass is 10.0. The fraction of sp³-hybridized carbons (Fsp3) is 0.391. The maximum Gasteiger partial charge on any atom is 0.233 e. The minimum absolute atomic E-state index is 0.168. The van der Waals surface area contributed by atoms with Gasteiger partial charge >= 0.3 is 0 Å². The molecule has 1 aliphatic rings. The molecule has 4 rings (SSSR count). The molecule has 0 spiro atoms. The molecule has 0 N–H and O–H groups in total. The first-order valence-corrected chi connectivity index (χ1v) is 10.2. The van der Waals surface area contributed by atoms with E-state index in [1.165, 1.54) is 18.4 Å². The molecule has 2 heterocycles. The van der Waals surface area contributed by atoms with Crippen molar-refractivity contribution < 1.29 is 9.15 Å². The molecule has 1 saturated heterocycles. The van der Waals surface area contributed by atoms with E-state index < -0.39 is 0 Å². The largest absolute Gasteiger partial charge is 0.497 e. The van der Waals surface area contributed by atoms with Crippen LogP contribution in [0.4, 0.5) is 5.69 Å². The summed E-state index contributed by atoms with van der Waals surface area (Å²) in [5.74, 6) is 2.29. The van der Waals surface area contributed by atoms with Crippen molar-refractivity contribution in [1.29, 1.82) is 0 Å². The maximum atomic E-state index is 6.08. The third-order valence-electron chi connectivity index (χ3n) is 5.49. The Morgan fingerprint density at radius 3 is 2.62 bits per heavy atom. The minimum Gasteiger partial charge on any atom is -0.497 e. The third-order valence-corrected chi connectivity index (χ3v) is 5.49. The van der Waals surface area contributed by atoms with Gasteiger partial charge in [-0.1, -0.05) is 36.8 Å². The van der Waals surface area contributed by atoms with E-state index in [-0.39, 0.29) is 6.04 Å². The fourth-order valence-corrected chi connectivity index (χ4v) is 3.87. The highest BCUT2D eigenvalue weighted by Gasteiger charge is 2.29.